The second kappa shape index (κ2) is 4.02. The van der Waals surface area contributed by atoms with Gasteiger partial charge in [0.15, 0.2) is 5.89 Å². The number of oxazole rings is 1. The number of rotatable bonds is 1. The molecular weight excluding hydrogens is 194 g/mol. The Bertz CT molecular complexity index is 367. The highest BCUT2D eigenvalue weighted by Crippen LogP contribution is 2.12. The van der Waals surface area contributed by atoms with E-state index in [4.69, 9.17) is 4.42 Å². The van der Waals surface area contributed by atoms with E-state index in [0.717, 1.165) is 26.2 Å². The molecule has 0 aliphatic carbocycles. The Kier molecular flexibility index (Phi) is 2.73. The second-order valence-electron chi connectivity index (χ2n) is 3.69. The summed E-state index contributed by atoms with van der Waals surface area (Å²) in [5, 5.41) is 3.20. The van der Waals surface area contributed by atoms with Gasteiger partial charge in [-0.1, -0.05) is 0 Å². The monoisotopic (exact) mass is 209 g/mol. The third kappa shape index (κ3) is 2.02. The maximum Gasteiger partial charge on any atom is 0.291 e. The lowest BCUT2D eigenvalue weighted by Crippen LogP contribution is -2.46. The van der Waals surface area contributed by atoms with Crippen molar-refractivity contribution in [2.24, 2.45) is 0 Å². The molecule has 1 saturated heterocycles. The summed E-state index contributed by atoms with van der Waals surface area (Å²) < 4.78 is 5.31. The average Bonchev–Trinajstić information content (AvgIpc) is 2.58. The third-order valence-electron chi connectivity index (χ3n) is 2.50. The molecule has 1 amide bonds. The van der Waals surface area contributed by atoms with E-state index in [1.807, 2.05) is 0 Å². The first-order chi connectivity index (χ1) is 7.18. The molecule has 2 heterocycles. The standard InChI is InChI=1S/C10H15N3O2/c1-7-9(15-8(2)12-7)10(14)13-5-3-11-4-6-13/h11H,3-6H2,1-2H3. The molecule has 1 fully saturated rings. The van der Waals surface area contributed by atoms with Gasteiger partial charge in [-0.3, -0.25) is 4.79 Å². The Balaban J connectivity index is 2.16. The van der Waals surface area contributed by atoms with Gasteiger partial charge in [-0.15, -0.1) is 0 Å². The molecule has 0 bridgehead atoms. The molecule has 0 radical (unpaired) electrons. The molecule has 0 atom stereocenters. The SMILES string of the molecule is Cc1nc(C)c(C(=O)N2CCNCC2)o1. The van der Waals surface area contributed by atoms with Gasteiger partial charge in [0.2, 0.25) is 5.76 Å². The maximum atomic E-state index is 12.0. The summed E-state index contributed by atoms with van der Waals surface area (Å²) in [5.41, 5.74) is 0.677. The predicted octanol–water partition coefficient (Wildman–Crippen LogP) is 0.337. The molecule has 1 aromatic heterocycles. The lowest BCUT2D eigenvalue weighted by atomic mass is 10.3. The van der Waals surface area contributed by atoms with E-state index in [1.54, 1.807) is 18.7 Å². The fourth-order valence-corrected chi connectivity index (χ4v) is 1.74. The summed E-state index contributed by atoms with van der Waals surface area (Å²) in [6.45, 7) is 6.71. The van der Waals surface area contributed by atoms with E-state index < -0.39 is 0 Å². The predicted molar refractivity (Wildman–Crippen MR) is 54.8 cm³/mol. The Labute approximate surface area is 88.5 Å². The van der Waals surface area contributed by atoms with Gasteiger partial charge < -0.3 is 14.6 Å². The van der Waals surface area contributed by atoms with Crippen LogP contribution in [-0.4, -0.2) is 42.0 Å². The molecule has 5 nitrogen and oxygen atoms in total. The van der Waals surface area contributed by atoms with E-state index in [-0.39, 0.29) is 5.91 Å². The van der Waals surface area contributed by atoms with Crippen LogP contribution in [-0.2, 0) is 0 Å². The molecule has 2 rings (SSSR count). The minimum absolute atomic E-state index is 0.0467. The molecule has 15 heavy (non-hydrogen) atoms. The molecule has 1 N–H and O–H groups in total. The fraction of sp³-hybridized carbons (Fsp3) is 0.600. The van der Waals surface area contributed by atoms with Gasteiger partial charge >= 0.3 is 0 Å². The summed E-state index contributed by atoms with van der Waals surface area (Å²) in [7, 11) is 0. The van der Waals surface area contributed by atoms with E-state index in [2.05, 4.69) is 10.3 Å². The van der Waals surface area contributed by atoms with Crippen LogP contribution >= 0.6 is 0 Å². The third-order valence-corrected chi connectivity index (χ3v) is 2.50. The highest BCUT2D eigenvalue weighted by Gasteiger charge is 2.23. The fourth-order valence-electron chi connectivity index (χ4n) is 1.74. The molecule has 0 saturated carbocycles. The number of amides is 1. The number of aromatic nitrogens is 1. The summed E-state index contributed by atoms with van der Waals surface area (Å²) in [6.07, 6.45) is 0. The van der Waals surface area contributed by atoms with Gasteiger partial charge in [-0.05, 0) is 6.92 Å². The molecule has 0 spiro atoms. The van der Waals surface area contributed by atoms with E-state index in [0.29, 0.717) is 17.3 Å². The first-order valence-corrected chi connectivity index (χ1v) is 5.12. The van der Waals surface area contributed by atoms with Gasteiger partial charge in [0, 0.05) is 33.1 Å². The van der Waals surface area contributed by atoms with Crippen molar-refractivity contribution >= 4 is 5.91 Å². The highest BCUT2D eigenvalue weighted by atomic mass is 16.4. The first-order valence-electron chi connectivity index (χ1n) is 5.12. The van der Waals surface area contributed by atoms with Crippen molar-refractivity contribution < 1.29 is 9.21 Å². The molecule has 0 unspecified atom stereocenters. The zero-order valence-electron chi connectivity index (χ0n) is 9.04. The van der Waals surface area contributed by atoms with Crippen molar-refractivity contribution in [3.8, 4) is 0 Å². The Hall–Kier alpha value is -1.36. The van der Waals surface area contributed by atoms with Crippen LogP contribution in [0.2, 0.25) is 0 Å². The number of nitrogens with one attached hydrogen (secondary N) is 1. The Morgan fingerprint density at radius 3 is 2.60 bits per heavy atom. The van der Waals surface area contributed by atoms with Gasteiger partial charge in [-0.2, -0.15) is 0 Å². The zero-order chi connectivity index (χ0) is 10.8. The number of aryl methyl sites for hydroxylation is 2. The molecule has 0 aromatic carbocycles. The van der Waals surface area contributed by atoms with E-state index in [9.17, 15) is 4.79 Å². The van der Waals surface area contributed by atoms with E-state index in [1.165, 1.54) is 0 Å². The van der Waals surface area contributed by atoms with Crippen LogP contribution < -0.4 is 5.32 Å². The molecule has 5 heteroatoms. The largest absolute Gasteiger partial charge is 0.436 e. The van der Waals surface area contributed by atoms with Crippen LogP contribution in [0.4, 0.5) is 0 Å². The smallest absolute Gasteiger partial charge is 0.291 e. The van der Waals surface area contributed by atoms with Crippen LogP contribution in [0.5, 0.6) is 0 Å². The Morgan fingerprint density at radius 2 is 2.07 bits per heavy atom. The average molecular weight is 209 g/mol. The van der Waals surface area contributed by atoms with Crippen LogP contribution in [0.3, 0.4) is 0 Å². The van der Waals surface area contributed by atoms with Gasteiger partial charge in [0.05, 0.1) is 5.69 Å². The van der Waals surface area contributed by atoms with Crippen LogP contribution in [0.25, 0.3) is 0 Å². The quantitative estimate of drug-likeness (QED) is 0.724. The summed E-state index contributed by atoms with van der Waals surface area (Å²) in [6, 6.07) is 0. The lowest BCUT2D eigenvalue weighted by molar-refractivity contribution is 0.0701. The first kappa shape index (κ1) is 10.2. The second-order valence-corrected chi connectivity index (χ2v) is 3.69. The summed E-state index contributed by atoms with van der Waals surface area (Å²) >= 11 is 0. The minimum atomic E-state index is -0.0467. The van der Waals surface area contributed by atoms with Crippen molar-refractivity contribution in [2.45, 2.75) is 13.8 Å². The number of nitrogens with zero attached hydrogens (tertiary/aromatic N) is 2. The summed E-state index contributed by atoms with van der Waals surface area (Å²) in [4.78, 5) is 17.9. The van der Waals surface area contributed by atoms with Gasteiger partial charge in [0.25, 0.3) is 5.91 Å². The molecule has 1 aromatic rings. The van der Waals surface area contributed by atoms with E-state index >= 15 is 0 Å². The van der Waals surface area contributed by atoms with Gasteiger partial charge in [0.1, 0.15) is 0 Å². The topological polar surface area (TPSA) is 58.4 Å². The number of carbonyl (C=O) groups excluding carboxylic acids is 1. The zero-order valence-corrected chi connectivity index (χ0v) is 9.04. The minimum Gasteiger partial charge on any atom is -0.436 e. The number of carbonyl (C=O) groups is 1. The van der Waals surface area contributed by atoms with Crippen LogP contribution in [0.15, 0.2) is 4.42 Å². The van der Waals surface area contributed by atoms with Crippen molar-refractivity contribution in [2.75, 3.05) is 26.2 Å². The van der Waals surface area contributed by atoms with Crippen LogP contribution in [0, 0.1) is 13.8 Å². The number of hydrogen-bond acceptors (Lipinski definition) is 4. The van der Waals surface area contributed by atoms with Crippen molar-refractivity contribution in [3.63, 3.8) is 0 Å². The molecule has 1 aliphatic heterocycles. The van der Waals surface area contributed by atoms with Crippen molar-refractivity contribution in [1.82, 2.24) is 15.2 Å². The van der Waals surface area contributed by atoms with Gasteiger partial charge in [-0.25, -0.2) is 4.98 Å². The van der Waals surface area contributed by atoms with Crippen molar-refractivity contribution in [3.05, 3.63) is 17.3 Å². The molecular formula is C10H15N3O2. The van der Waals surface area contributed by atoms with Crippen LogP contribution in [0.1, 0.15) is 22.1 Å². The molecule has 82 valence electrons. The summed E-state index contributed by atoms with van der Waals surface area (Å²) in [5.74, 6) is 0.884. The highest BCUT2D eigenvalue weighted by molar-refractivity contribution is 5.92. The number of hydrogen-bond donors (Lipinski definition) is 1. The number of piperazine rings is 1. The Morgan fingerprint density at radius 1 is 1.40 bits per heavy atom. The lowest BCUT2D eigenvalue weighted by Gasteiger charge is -2.26. The maximum absolute atomic E-state index is 12.0. The van der Waals surface area contributed by atoms with Crippen molar-refractivity contribution in [1.29, 1.82) is 0 Å². The molecule has 1 aliphatic rings. The normalized spacial score (nSPS) is 16.8.